The number of rotatable bonds is 4. The van der Waals surface area contributed by atoms with Gasteiger partial charge in [0, 0.05) is 18.9 Å². The Morgan fingerprint density at radius 1 is 1.34 bits per heavy atom. The van der Waals surface area contributed by atoms with E-state index in [-0.39, 0.29) is 17.9 Å². The maximum Gasteiger partial charge on any atom is 0.234 e. The minimum Gasteiger partial charge on any atom is -0.360 e. The highest BCUT2D eigenvalue weighted by molar-refractivity contribution is 6.03. The summed E-state index contributed by atoms with van der Waals surface area (Å²) >= 11 is 0. The fourth-order valence-corrected chi connectivity index (χ4v) is 4.85. The molecule has 0 aliphatic carbocycles. The van der Waals surface area contributed by atoms with E-state index in [1.54, 1.807) is 23.0 Å². The molecule has 7 nitrogen and oxygen atoms in total. The van der Waals surface area contributed by atoms with Crippen molar-refractivity contribution in [2.45, 2.75) is 32.1 Å². The number of aromatic nitrogens is 2. The number of fused-ring (bicyclic) bond motifs is 1. The molecule has 7 heteroatoms. The second kappa shape index (κ2) is 6.29. The van der Waals surface area contributed by atoms with E-state index >= 15 is 0 Å². The van der Waals surface area contributed by atoms with Gasteiger partial charge in [0.15, 0.2) is 0 Å². The van der Waals surface area contributed by atoms with Gasteiger partial charge in [0.2, 0.25) is 11.8 Å². The van der Waals surface area contributed by atoms with Gasteiger partial charge in [-0.15, -0.1) is 0 Å². The third-order valence-corrected chi connectivity index (χ3v) is 6.53. The Bertz CT molecular complexity index is 1020. The van der Waals surface area contributed by atoms with Crippen LogP contribution in [0.2, 0.25) is 0 Å². The van der Waals surface area contributed by atoms with Crippen molar-refractivity contribution in [3.05, 3.63) is 59.4 Å². The van der Waals surface area contributed by atoms with Crippen LogP contribution >= 0.6 is 0 Å². The van der Waals surface area contributed by atoms with E-state index in [1.165, 1.54) is 5.56 Å². The van der Waals surface area contributed by atoms with Crippen LogP contribution in [0.15, 0.2) is 42.6 Å². The molecular formula is C22H24N4O3. The number of benzene rings is 1. The first-order valence-electron chi connectivity index (χ1n) is 9.89. The molecule has 0 radical (unpaired) electrons. The maximum atomic E-state index is 13.4. The Morgan fingerprint density at radius 3 is 2.90 bits per heavy atom. The third kappa shape index (κ3) is 2.64. The molecule has 2 aromatic rings. The van der Waals surface area contributed by atoms with Gasteiger partial charge in [0.25, 0.3) is 0 Å². The summed E-state index contributed by atoms with van der Waals surface area (Å²) in [5, 5.41) is 6.81. The lowest BCUT2D eigenvalue weighted by Crippen LogP contribution is -2.44. The summed E-state index contributed by atoms with van der Waals surface area (Å²) in [6.07, 6.45) is 5.25. The normalized spacial score (nSPS) is 29.6. The summed E-state index contributed by atoms with van der Waals surface area (Å²) in [6.45, 7) is 4.95. The van der Waals surface area contributed by atoms with Crippen molar-refractivity contribution >= 4 is 17.5 Å². The molecule has 4 atom stereocenters. The first-order valence-corrected chi connectivity index (χ1v) is 9.89. The summed E-state index contributed by atoms with van der Waals surface area (Å²) in [6, 6.07) is 7.86. The van der Waals surface area contributed by atoms with Gasteiger partial charge in [0.1, 0.15) is 5.60 Å². The lowest BCUT2D eigenvalue weighted by Gasteiger charge is -2.27. The lowest BCUT2D eigenvalue weighted by molar-refractivity contribution is -0.139. The van der Waals surface area contributed by atoms with Crippen molar-refractivity contribution in [1.29, 1.82) is 0 Å². The van der Waals surface area contributed by atoms with E-state index in [4.69, 9.17) is 4.74 Å². The summed E-state index contributed by atoms with van der Waals surface area (Å²) in [7, 11) is 1.76. The molecule has 1 N–H and O–H groups in total. The van der Waals surface area contributed by atoms with Gasteiger partial charge in [-0.3, -0.25) is 14.7 Å². The number of amides is 2. The highest BCUT2D eigenvalue weighted by Crippen LogP contribution is 2.53. The number of carbonyl (C=O) groups is 2. The fraction of sp³-hybridized carbons (Fsp3) is 0.409. The van der Waals surface area contributed by atoms with E-state index < -0.39 is 17.4 Å². The second-order valence-corrected chi connectivity index (χ2v) is 8.37. The van der Waals surface area contributed by atoms with Crippen LogP contribution in [0.3, 0.4) is 0 Å². The van der Waals surface area contributed by atoms with Crippen molar-refractivity contribution in [3.63, 3.8) is 0 Å². The van der Waals surface area contributed by atoms with Gasteiger partial charge in [-0.25, -0.2) is 0 Å². The van der Waals surface area contributed by atoms with Gasteiger partial charge in [-0.1, -0.05) is 18.2 Å². The molecule has 5 rings (SSSR count). The van der Waals surface area contributed by atoms with Crippen molar-refractivity contribution in [3.8, 4) is 0 Å². The van der Waals surface area contributed by atoms with Crippen molar-refractivity contribution < 1.29 is 14.3 Å². The molecule has 150 valence electrons. The first kappa shape index (κ1) is 18.1. The Kier molecular flexibility index (Phi) is 3.93. The van der Waals surface area contributed by atoms with Crippen LogP contribution in [-0.4, -0.2) is 52.2 Å². The van der Waals surface area contributed by atoms with Gasteiger partial charge in [-0.05, 0) is 43.2 Å². The van der Waals surface area contributed by atoms with Crippen LogP contribution in [0.25, 0.3) is 0 Å². The number of hydrogen-bond acceptors (Lipinski definition) is 4. The third-order valence-electron chi connectivity index (χ3n) is 6.53. The van der Waals surface area contributed by atoms with E-state index in [9.17, 15) is 9.59 Å². The molecule has 3 aliphatic heterocycles. The molecule has 2 unspecified atom stereocenters. The number of H-pyrrole nitrogens is 1. The molecule has 1 spiro atoms. The lowest BCUT2D eigenvalue weighted by atomic mass is 9.76. The zero-order valence-corrected chi connectivity index (χ0v) is 16.8. The minimum atomic E-state index is -0.713. The molecule has 2 saturated heterocycles. The molecule has 4 heterocycles. The largest absolute Gasteiger partial charge is 0.360 e. The highest BCUT2D eigenvalue weighted by atomic mass is 16.5. The summed E-state index contributed by atoms with van der Waals surface area (Å²) in [5.41, 5.74) is 3.32. The number of nitrogens with zero attached hydrogens (tertiary/aromatic N) is 3. The number of nitrogens with one attached hydrogen (secondary N) is 1. The molecular weight excluding hydrogens is 368 g/mol. The number of hydrogen-bond donors (Lipinski definition) is 1. The molecule has 2 amide bonds. The Hall–Kier alpha value is -2.93. The molecule has 3 aliphatic rings. The standard InChI is InChI=1S/C22H24N4O3/c1-13-4-5-16(10-14(13)2)26-12-22-8-6-17(29-22)18(19(22)21(26)28)20(27)25(3)11-15-7-9-23-24-15/h4-10,17-19H,11-12H2,1-3H3,(H,23,24)/t17-,18?,19?,22-/m0/s1. The molecule has 2 bridgehead atoms. The van der Waals surface area contributed by atoms with Crippen LogP contribution < -0.4 is 4.90 Å². The number of anilines is 1. The van der Waals surface area contributed by atoms with Gasteiger partial charge in [-0.2, -0.15) is 5.10 Å². The average molecular weight is 392 g/mol. The van der Waals surface area contributed by atoms with E-state index in [0.717, 1.165) is 16.9 Å². The summed E-state index contributed by atoms with van der Waals surface area (Å²) in [4.78, 5) is 30.2. The second-order valence-electron chi connectivity index (χ2n) is 8.37. The van der Waals surface area contributed by atoms with Crippen molar-refractivity contribution in [2.75, 3.05) is 18.5 Å². The first-order chi connectivity index (χ1) is 13.9. The van der Waals surface area contributed by atoms with Gasteiger partial charge >= 0.3 is 0 Å². The van der Waals surface area contributed by atoms with E-state index in [0.29, 0.717) is 13.1 Å². The smallest absolute Gasteiger partial charge is 0.234 e. The minimum absolute atomic E-state index is 0.0339. The van der Waals surface area contributed by atoms with E-state index in [1.807, 2.05) is 43.3 Å². The summed E-state index contributed by atoms with van der Waals surface area (Å²) < 4.78 is 6.24. The molecule has 1 aromatic carbocycles. The predicted molar refractivity (Wildman–Crippen MR) is 107 cm³/mol. The average Bonchev–Trinajstić information content (AvgIpc) is 3.46. The molecule has 1 aromatic heterocycles. The molecule has 0 saturated carbocycles. The van der Waals surface area contributed by atoms with Crippen molar-refractivity contribution in [1.82, 2.24) is 15.1 Å². The van der Waals surface area contributed by atoms with Gasteiger partial charge in [0.05, 0.1) is 36.7 Å². The number of carbonyl (C=O) groups excluding carboxylic acids is 2. The zero-order valence-electron chi connectivity index (χ0n) is 16.8. The highest BCUT2D eigenvalue weighted by Gasteiger charge is 2.67. The number of ether oxygens (including phenoxy) is 1. The topological polar surface area (TPSA) is 78.5 Å². The SMILES string of the molecule is Cc1ccc(N2C[C@]34C=C[C@H](O3)C(C(=O)N(C)Cc3ccn[nH]3)C4C2=O)cc1C. The Labute approximate surface area is 169 Å². The molecule has 2 fully saturated rings. The fourth-order valence-electron chi connectivity index (χ4n) is 4.85. The maximum absolute atomic E-state index is 13.4. The van der Waals surface area contributed by atoms with Crippen molar-refractivity contribution in [2.24, 2.45) is 11.8 Å². The van der Waals surface area contributed by atoms with Gasteiger partial charge < -0.3 is 14.5 Å². The Morgan fingerprint density at radius 2 is 2.17 bits per heavy atom. The summed E-state index contributed by atoms with van der Waals surface area (Å²) in [5.74, 6) is -1.10. The quantitative estimate of drug-likeness (QED) is 0.807. The van der Waals surface area contributed by atoms with E-state index in [2.05, 4.69) is 17.1 Å². The monoisotopic (exact) mass is 392 g/mol. The Balaban J connectivity index is 1.43. The van der Waals surface area contributed by atoms with Crippen LogP contribution in [0, 0.1) is 25.7 Å². The van der Waals surface area contributed by atoms with Crippen LogP contribution in [0.1, 0.15) is 16.8 Å². The van der Waals surface area contributed by atoms with Crippen LogP contribution in [-0.2, 0) is 20.9 Å². The molecule has 29 heavy (non-hydrogen) atoms. The number of aryl methyl sites for hydroxylation is 2. The number of aromatic amines is 1. The predicted octanol–water partition coefficient (Wildman–Crippen LogP) is 1.97. The van der Waals surface area contributed by atoms with Crippen LogP contribution in [0.5, 0.6) is 0 Å². The van der Waals surface area contributed by atoms with Crippen LogP contribution in [0.4, 0.5) is 5.69 Å². The zero-order chi connectivity index (χ0) is 20.3.